The molecule has 90 valence electrons. The van der Waals surface area contributed by atoms with E-state index in [1.54, 1.807) is 30.6 Å². The Morgan fingerprint density at radius 1 is 0.947 bits per heavy atom. The van der Waals surface area contributed by atoms with Crippen LogP contribution >= 0.6 is 0 Å². The van der Waals surface area contributed by atoms with Crippen molar-refractivity contribution < 1.29 is 9.90 Å². The van der Waals surface area contributed by atoms with Crippen molar-refractivity contribution in [3.63, 3.8) is 0 Å². The molecule has 0 saturated carbocycles. The van der Waals surface area contributed by atoms with E-state index >= 15 is 0 Å². The summed E-state index contributed by atoms with van der Waals surface area (Å²) in [7, 11) is 0. The van der Waals surface area contributed by atoms with Crippen LogP contribution in [0.4, 0.5) is 0 Å². The summed E-state index contributed by atoms with van der Waals surface area (Å²) in [5.41, 5.74) is 1.94. The molecule has 0 unspecified atom stereocenters. The Morgan fingerprint density at radius 2 is 1.79 bits per heavy atom. The van der Waals surface area contributed by atoms with E-state index in [9.17, 15) is 9.90 Å². The number of pyridine rings is 3. The molecule has 1 N–H and O–H groups in total. The smallest absolute Gasteiger partial charge is 0.214 e. The van der Waals surface area contributed by atoms with Crippen molar-refractivity contribution in [2.24, 2.45) is 0 Å². The summed E-state index contributed by atoms with van der Waals surface area (Å²) in [6.45, 7) is 0. The quantitative estimate of drug-likeness (QED) is 0.515. The van der Waals surface area contributed by atoms with Gasteiger partial charge in [0, 0.05) is 23.2 Å². The van der Waals surface area contributed by atoms with Crippen molar-refractivity contribution in [2.75, 3.05) is 0 Å². The molecule has 1 aliphatic rings. The summed E-state index contributed by atoms with van der Waals surface area (Å²) in [6, 6.07) is 5.09. The van der Waals surface area contributed by atoms with Gasteiger partial charge in [-0.15, -0.1) is 0 Å². The van der Waals surface area contributed by atoms with Gasteiger partial charge < -0.3 is 5.11 Å². The molecular weight excluding hydrogens is 242 g/mol. The first-order chi connectivity index (χ1) is 9.27. The second kappa shape index (κ2) is 3.35. The SMILES string of the molecule is O=C1c2cccnc2-c2nccc3c(O)cnc1c23. The summed E-state index contributed by atoms with van der Waals surface area (Å²) in [4.78, 5) is 25.0. The number of ketones is 1. The molecule has 0 saturated heterocycles. The van der Waals surface area contributed by atoms with Gasteiger partial charge in [-0.3, -0.25) is 14.8 Å². The highest BCUT2D eigenvalue weighted by molar-refractivity contribution is 6.24. The van der Waals surface area contributed by atoms with Crippen LogP contribution in [0, 0.1) is 0 Å². The van der Waals surface area contributed by atoms with Crippen LogP contribution in [0.5, 0.6) is 5.75 Å². The molecule has 4 rings (SSSR count). The van der Waals surface area contributed by atoms with Crippen LogP contribution in [-0.2, 0) is 0 Å². The van der Waals surface area contributed by atoms with Gasteiger partial charge in [-0.2, -0.15) is 0 Å². The Labute approximate surface area is 107 Å². The molecule has 3 heterocycles. The molecule has 3 aromatic heterocycles. The molecule has 0 spiro atoms. The molecule has 0 radical (unpaired) electrons. The topological polar surface area (TPSA) is 76.0 Å². The van der Waals surface area contributed by atoms with E-state index < -0.39 is 0 Å². The fraction of sp³-hybridized carbons (Fsp3) is 0. The maximum Gasteiger partial charge on any atom is 0.214 e. The van der Waals surface area contributed by atoms with Crippen LogP contribution in [0.2, 0.25) is 0 Å². The lowest BCUT2D eigenvalue weighted by molar-refractivity contribution is 0.103. The van der Waals surface area contributed by atoms with Crippen molar-refractivity contribution in [2.45, 2.75) is 0 Å². The average Bonchev–Trinajstić information content (AvgIpc) is 2.46. The zero-order valence-electron chi connectivity index (χ0n) is 9.66. The third-order valence-corrected chi connectivity index (χ3v) is 3.27. The molecule has 5 heteroatoms. The molecule has 5 nitrogen and oxygen atoms in total. The lowest BCUT2D eigenvalue weighted by Crippen LogP contribution is -2.13. The summed E-state index contributed by atoms with van der Waals surface area (Å²) in [5.74, 6) is -0.150. The van der Waals surface area contributed by atoms with Gasteiger partial charge in [0.05, 0.1) is 17.5 Å². The monoisotopic (exact) mass is 249 g/mol. The number of hydrogen-bond donors (Lipinski definition) is 1. The molecule has 3 aromatic rings. The molecule has 0 aromatic carbocycles. The Kier molecular flexibility index (Phi) is 1.79. The van der Waals surface area contributed by atoms with Crippen LogP contribution in [-0.4, -0.2) is 25.8 Å². The summed E-state index contributed by atoms with van der Waals surface area (Å²) in [6.07, 6.45) is 4.50. The van der Waals surface area contributed by atoms with Crippen molar-refractivity contribution in [3.05, 3.63) is 48.0 Å². The first-order valence-corrected chi connectivity index (χ1v) is 5.74. The molecule has 1 aliphatic carbocycles. The highest BCUT2D eigenvalue weighted by atomic mass is 16.3. The van der Waals surface area contributed by atoms with Crippen LogP contribution in [0.1, 0.15) is 16.1 Å². The highest BCUT2D eigenvalue weighted by Crippen LogP contribution is 2.38. The average molecular weight is 249 g/mol. The zero-order valence-corrected chi connectivity index (χ0v) is 9.66. The van der Waals surface area contributed by atoms with Crippen molar-refractivity contribution in [1.29, 1.82) is 0 Å². The number of fused-ring (bicyclic) bond motifs is 2. The Morgan fingerprint density at radius 3 is 2.68 bits per heavy atom. The zero-order chi connectivity index (χ0) is 13.0. The van der Waals surface area contributed by atoms with E-state index in [-0.39, 0.29) is 11.5 Å². The van der Waals surface area contributed by atoms with Crippen LogP contribution < -0.4 is 0 Å². The van der Waals surface area contributed by atoms with Gasteiger partial charge in [0.25, 0.3) is 0 Å². The van der Waals surface area contributed by atoms with Gasteiger partial charge in [0.1, 0.15) is 17.1 Å². The number of nitrogens with zero attached hydrogens (tertiary/aromatic N) is 3. The van der Waals surface area contributed by atoms with Crippen molar-refractivity contribution >= 4 is 16.6 Å². The van der Waals surface area contributed by atoms with Crippen molar-refractivity contribution in [1.82, 2.24) is 15.0 Å². The maximum atomic E-state index is 12.4. The van der Waals surface area contributed by atoms with Crippen LogP contribution in [0.25, 0.3) is 22.2 Å². The van der Waals surface area contributed by atoms with Gasteiger partial charge in [0.15, 0.2) is 0 Å². The van der Waals surface area contributed by atoms with E-state index in [4.69, 9.17) is 0 Å². The number of hydrogen-bond acceptors (Lipinski definition) is 5. The first kappa shape index (κ1) is 10.1. The van der Waals surface area contributed by atoms with E-state index in [2.05, 4.69) is 15.0 Å². The van der Waals surface area contributed by atoms with Gasteiger partial charge >= 0.3 is 0 Å². The molecule has 0 aliphatic heterocycles. The predicted molar refractivity (Wildman–Crippen MR) is 67.9 cm³/mol. The number of carbonyl (C=O) groups excluding carboxylic acids is 1. The number of rotatable bonds is 0. The molecule has 0 amide bonds. The second-order valence-corrected chi connectivity index (χ2v) is 4.30. The number of aromatic hydroxyl groups is 1. The third kappa shape index (κ3) is 1.18. The molecule has 19 heavy (non-hydrogen) atoms. The van der Waals surface area contributed by atoms with E-state index in [1.807, 2.05) is 0 Å². The summed E-state index contributed by atoms with van der Waals surface area (Å²) < 4.78 is 0. The van der Waals surface area contributed by atoms with E-state index in [1.165, 1.54) is 6.20 Å². The summed E-state index contributed by atoms with van der Waals surface area (Å²) in [5, 5.41) is 11.0. The highest BCUT2D eigenvalue weighted by Gasteiger charge is 2.28. The molecule has 0 bridgehead atoms. The lowest BCUT2D eigenvalue weighted by atomic mass is 9.92. The van der Waals surface area contributed by atoms with E-state index in [0.717, 1.165) is 0 Å². The lowest BCUT2D eigenvalue weighted by Gasteiger charge is -2.17. The third-order valence-electron chi connectivity index (χ3n) is 3.27. The standard InChI is InChI=1S/C14H7N3O2/c18-9-6-17-13-10-7(9)3-5-16-12(10)11-8(14(13)19)2-1-4-15-11/h1-6,18H. The molecule has 0 atom stereocenters. The minimum Gasteiger partial charge on any atom is -0.506 e. The number of aromatic nitrogens is 3. The largest absolute Gasteiger partial charge is 0.506 e. The Bertz CT molecular complexity index is 858. The normalized spacial score (nSPS) is 12.5. The maximum absolute atomic E-state index is 12.4. The number of carbonyl (C=O) groups is 1. The van der Waals surface area contributed by atoms with Crippen LogP contribution in [0.15, 0.2) is 36.8 Å². The van der Waals surface area contributed by atoms with Crippen molar-refractivity contribution in [3.8, 4) is 17.1 Å². The molecule has 0 fully saturated rings. The van der Waals surface area contributed by atoms with Gasteiger partial charge in [-0.05, 0) is 18.2 Å². The Hall–Kier alpha value is -2.82. The van der Waals surface area contributed by atoms with Gasteiger partial charge in [-0.25, -0.2) is 4.98 Å². The minimum atomic E-state index is -0.186. The van der Waals surface area contributed by atoms with Gasteiger partial charge in [-0.1, -0.05) is 0 Å². The predicted octanol–water partition coefficient (Wildman–Crippen LogP) is 1.94. The summed E-state index contributed by atoms with van der Waals surface area (Å²) >= 11 is 0. The first-order valence-electron chi connectivity index (χ1n) is 5.74. The second-order valence-electron chi connectivity index (χ2n) is 4.30. The minimum absolute atomic E-state index is 0.0366. The van der Waals surface area contributed by atoms with E-state index in [0.29, 0.717) is 33.4 Å². The molecular formula is C14H7N3O2. The fourth-order valence-corrected chi connectivity index (χ4v) is 2.43. The van der Waals surface area contributed by atoms with Crippen LogP contribution in [0.3, 0.4) is 0 Å². The fourth-order valence-electron chi connectivity index (χ4n) is 2.43. The van der Waals surface area contributed by atoms with Gasteiger partial charge in [0.2, 0.25) is 5.78 Å². The Balaban J connectivity index is 2.28.